The third kappa shape index (κ3) is 3.96. The third-order valence-electron chi connectivity index (χ3n) is 9.69. The smallest absolute Gasteiger partial charge is 0.375 e. The number of benzene rings is 1. The summed E-state index contributed by atoms with van der Waals surface area (Å²) in [6.07, 6.45) is 0.142. The Bertz CT molecular complexity index is 1740. The van der Waals surface area contributed by atoms with Crippen LogP contribution in [0.3, 0.4) is 0 Å². The molecule has 1 aliphatic carbocycles. The highest BCUT2D eigenvalue weighted by Crippen LogP contribution is 2.62. The predicted octanol–water partition coefficient (Wildman–Crippen LogP) is 1.62. The molecule has 6 aliphatic rings. The molecule has 0 aromatic heterocycles. The summed E-state index contributed by atoms with van der Waals surface area (Å²) in [5, 5.41) is 10.0. The van der Waals surface area contributed by atoms with E-state index in [1.165, 1.54) is 14.0 Å². The number of methoxy groups -OCH3 is 1. The molecule has 2 fully saturated rings. The summed E-state index contributed by atoms with van der Waals surface area (Å²) in [5.41, 5.74) is 2.37. The summed E-state index contributed by atoms with van der Waals surface area (Å²) < 4.78 is 28.7. The van der Waals surface area contributed by atoms with Gasteiger partial charge >= 0.3 is 11.9 Å². The summed E-state index contributed by atoms with van der Waals surface area (Å²) in [6.45, 7) is 4.13. The molecule has 5 heterocycles. The highest BCUT2D eigenvalue weighted by Gasteiger charge is 2.62. The van der Waals surface area contributed by atoms with Crippen LogP contribution in [0.5, 0.6) is 17.2 Å². The van der Waals surface area contributed by atoms with Crippen molar-refractivity contribution in [1.82, 2.24) is 9.80 Å². The number of hydrogen-bond donors (Lipinski definition) is 0. The first-order valence-electron chi connectivity index (χ1n) is 14.4. The van der Waals surface area contributed by atoms with Crippen molar-refractivity contribution in [1.29, 1.82) is 5.26 Å². The summed E-state index contributed by atoms with van der Waals surface area (Å²) in [4.78, 5) is 69.9. The van der Waals surface area contributed by atoms with Gasteiger partial charge in [-0.15, -0.1) is 11.8 Å². The van der Waals surface area contributed by atoms with Gasteiger partial charge in [-0.2, -0.15) is 5.26 Å². The van der Waals surface area contributed by atoms with Gasteiger partial charge in [-0.1, -0.05) is 0 Å². The zero-order valence-electron chi connectivity index (χ0n) is 25.1. The Morgan fingerprint density at radius 2 is 1.80 bits per heavy atom. The van der Waals surface area contributed by atoms with Gasteiger partial charge in [-0.25, -0.2) is 4.79 Å². The topological polar surface area (TPSA) is 162 Å². The number of cyclic esters (lactones) is 1. The van der Waals surface area contributed by atoms with E-state index < -0.39 is 59.0 Å². The number of Topliss-reactive ketones (excluding diaryl/α,β-unsaturated/α-hetero) is 3. The first kappa shape index (κ1) is 29.5. The quantitative estimate of drug-likeness (QED) is 0.199. The van der Waals surface area contributed by atoms with Crippen molar-refractivity contribution in [3.05, 3.63) is 39.2 Å². The number of ether oxygens (including phenoxy) is 5. The number of nitrogens with zero attached hydrogens (tertiary/aromatic N) is 3. The maximum absolute atomic E-state index is 14.1. The SMILES string of the molecule is COC1=C(C)C(=O)C2=C(C1=O)C1[C@@H]3[C@@H]4SCC(=O)C(=O)OC[C@@H](c5c6c(c(C)c(OC(C)=O)c54)OCO6)N3[C@@H](C#N)C(C2)N1C. The number of carbonyl (C=O) groups is 5. The van der Waals surface area contributed by atoms with Crippen molar-refractivity contribution in [3.8, 4) is 23.3 Å². The van der Waals surface area contributed by atoms with Gasteiger partial charge in [0.1, 0.15) is 18.4 Å². The van der Waals surface area contributed by atoms with E-state index in [1.807, 2.05) is 16.8 Å². The first-order chi connectivity index (χ1) is 21.5. The van der Waals surface area contributed by atoms with Gasteiger partial charge in [0.2, 0.25) is 18.4 Å². The number of likely N-dealkylation sites (N-methyl/N-ethyl adjacent to an activating group) is 1. The van der Waals surface area contributed by atoms with Crippen LogP contribution in [0.4, 0.5) is 0 Å². The van der Waals surface area contributed by atoms with Gasteiger partial charge in [0.05, 0.1) is 36.3 Å². The number of fused-ring (bicyclic) bond motifs is 8. The second-order valence-electron chi connectivity index (χ2n) is 11.8. The number of thioether (sulfide) groups is 1. The van der Waals surface area contributed by atoms with Crippen LogP contribution in [0.15, 0.2) is 22.5 Å². The molecule has 14 heteroatoms. The minimum Gasteiger partial charge on any atom is -0.492 e. The lowest BCUT2D eigenvalue weighted by Gasteiger charge is -2.61. The highest BCUT2D eigenvalue weighted by molar-refractivity contribution is 8.00. The molecule has 0 spiro atoms. The maximum atomic E-state index is 14.1. The van der Waals surface area contributed by atoms with Crippen LogP contribution < -0.4 is 14.2 Å². The van der Waals surface area contributed by atoms with Crippen molar-refractivity contribution in [3.63, 3.8) is 0 Å². The van der Waals surface area contributed by atoms with Crippen LogP contribution in [0.2, 0.25) is 0 Å². The second-order valence-corrected chi connectivity index (χ2v) is 12.9. The van der Waals surface area contributed by atoms with Crippen LogP contribution in [-0.2, 0) is 33.4 Å². The van der Waals surface area contributed by atoms with E-state index in [2.05, 4.69) is 6.07 Å². The standard InChI is InChI=1S/C31H29N3O10S/c1-11-24(37)14-6-15-16(7-32)34-17-8-41-31(39)18(36)9-45-30(23(34)22(33(15)4)19(14)25(38)27(11)40-5)21-20(17)29-28(42-10-43-29)12(2)26(21)44-13(3)35/h15-17,22-23,30H,6,8-10H2,1-5H3/t15?,16-,17-,22?,23+,30+/m0/s1. The van der Waals surface area contributed by atoms with Crippen LogP contribution >= 0.6 is 11.8 Å². The Morgan fingerprint density at radius 3 is 2.49 bits per heavy atom. The fourth-order valence-electron chi connectivity index (χ4n) is 7.90. The minimum absolute atomic E-state index is 0.0402. The van der Waals surface area contributed by atoms with Crippen molar-refractivity contribution in [2.24, 2.45) is 0 Å². The van der Waals surface area contributed by atoms with Crippen molar-refractivity contribution < 1.29 is 47.7 Å². The summed E-state index contributed by atoms with van der Waals surface area (Å²) in [5.74, 6) is -2.44. The van der Waals surface area contributed by atoms with E-state index in [0.29, 0.717) is 33.8 Å². The Kier molecular flexibility index (Phi) is 6.84. The number of piperazine rings is 1. The molecule has 4 bridgehead atoms. The maximum Gasteiger partial charge on any atom is 0.375 e. The Hall–Kier alpha value is -4.19. The molecule has 45 heavy (non-hydrogen) atoms. The Labute approximate surface area is 262 Å². The van der Waals surface area contributed by atoms with Gasteiger partial charge in [0.15, 0.2) is 23.0 Å². The number of hydrogen-bond acceptors (Lipinski definition) is 14. The van der Waals surface area contributed by atoms with Crippen molar-refractivity contribution in [2.75, 3.05) is 33.3 Å². The molecule has 1 aromatic carbocycles. The molecule has 234 valence electrons. The van der Waals surface area contributed by atoms with E-state index >= 15 is 0 Å². The monoisotopic (exact) mass is 635 g/mol. The number of rotatable bonds is 2. The lowest BCUT2D eigenvalue weighted by molar-refractivity contribution is -0.156. The molecule has 13 nitrogen and oxygen atoms in total. The summed E-state index contributed by atoms with van der Waals surface area (Å²) >= 11 is 1.12. The molecule has 0 radical (unpaired) electrons. The molecule has 5 aliphatic heterocycles. The largest absolute Gasteiger partial charge is 0.492 e. The molecular formula is C31H29N3O10S. The normalized spacial score (nSPS) is 30.8. The van der Waals surface area contributed by atoms with Crippen LogP contribution in [0.1, 0.15) is 48.3 Å². The zero-order valence-corrected chi connectivity index (χ0v) is 25.9. The van der Waals surface area contributed by atoms with E-state index in [1.54, 1.807) is 13.8 Å². The molecule has 0 saturated carbocycles. The van der Waals surface area contributed by atoms with E-state index in [-0.39, 0.29) is 54.0 Å². The highest BCUT2D eigenvalue weighted by atomic mass is 32.2. The number of esters is 2. The minimum atomic E-state index is -1.000. The molecule has 7 rings (SSSR count). The fraction of sp³-hybridized carbons (Fsp3) is 0.484. The first-order valence-corrected chi connectivity index (χ1v) is 15.5. The molecular weight excluding hydrogens is 606 g/mol. The van der Waals surface area contributed by atoms with Crippen LogP contribution in [0, 0.1) is 18.3 Å². The van der Waals surface area contributed by atoms with Gasteiger partial charge in [-0.05, 0) is 27.3 Å². The number of allylic oxidation sites excluding steroid dienone is 2. The number of nitriles is 1. The predicted molar refractivity (Wildman–Crippen MR) is 154 cm³/mol. The Balaban J connectivity index is 1.55. The fourth-order valence-corrected chi connectivity index (χ4v) is 9.24. The average Bonchev–Trinajstić information content (AvgIpc) is 3.50. The van der Waals surface area contributed by atoms with Crippen LogP contribution in [-0.4, -0.2) is 96.6 Å². The van der Waals surface area contributed by atoms with Gasteiger partial charge in [-0.3, -0.25) is 29.0 Å². The third-order valence-corrected chi connectivity index (χ3v) is 11.0. The van der Waals surface area contributed by atoms with E-state index in [9.17, 15) is 29.2 Å². The van der Waals surface area contributed by atoms with E-state index in [4.69, 9.17) is 23.7 Å². The number of ketones is 3. The van der Waals surface area contributed by atoms with Crippen LogP contribution in [0.25, 0.3) is 0 Å². The van der Waals surface area contributed by atoms with Gasteiger partial charge in [0, 0.05) is 52.4 Å². The molecule has 0 N–H and O–H groups in total. The lowest BCUT2D eigenvalue weighted by Crippen LogP contribution is -2.73. The van der Waals surface area contributed by atoms with E-state index in [0.717, 1.165) is 11.8 Å². The van der Waals surface area contributed by atoms with Crippen molar-refractivity contribution >= 4 is 41.1 Å². The molecule has 0 amide bonds. The molecule has 2 saturated heterocycles. The van der Waals surface area contributed by atoms with Gasteiger partial charge in [0.25, 0.3) is 0 Å². The summed E-state index contributed by atoms with van der Waals surface area (Å²) in [6, 6.07) is -1.24. The molecule has 2 unspecified atom stereocenters. The van der Waals surface area contributed by atoms with Crippen molar-refractivity contribution in [2.45, 2.75) is 62.7 Å². The second kappa shape index (κ2) is 10.4. The van der Waals surface area contributed by atoms with Gasteiger partial charge < -0.3 is 23.7 Å². The molecule has 1 aromatic rings. The molecule has 6 atom stereocenters. The number of carbonyl (C=O) groups excluding carboxylic acids is 5. The lowest BCUT2D eigenvalue weighted by atomic mass is 9.68. The average molecular weight is 636 g/mol. The summed E-state index contributed by atoms with van der Waals surface area (Å²) in [7, 11) is 3.16. The zero-order chi connectivity index (χ0) is 32.1. The Morgan fingerprint density at radius 1 is 1.07 bits per heavy atom.